The number of carbonyl (C=O) groups excluding carboxylic acids is 1. The van der Waals surface area contributed by atoms with E-state index >= 15 is 0 Å². The predicted molar refractivity (Wildman–Crippen MR) is 127 cm³/mol. The number of fused-ring (bicyclic) bond motifs is 5. The van der Waals surface area contributed by atoms with E-state index < -0.39 is 0 Å². The Hall–Kier alpha value is -0.850. The molecule has 0 bridgehead atoms. The SMILES string of the molecule is CC[C@H](/C=C/[C@@H](C)[C@H]1CC[C@@H]2[C@H]3CCC4=CC(=O)CC[C@]4(C)[C@H]3CC[C@@]21C)C(C)C. The minimum atomic E-state index is 0.313. The van der Waals surface area contributed by atoms with Crippen LogP contribution in [0.3, 0.4) is 0 Å². The summed E-state index contributed by atoms with van der Waals surface area (Å²) in [6, 6.07) is 0. The largest absolute Gasteiger partial charge is 0.295 e. The highest BCUT2D eigenvalue weighted by molar-refractivity contribution is 5.91. The maximum absolute atomic E-state index is 12.1. The molecular weight excluding hydrogens is 364 g/mol. The normalized spacial score (nSPS) is 43.2. The van der Waals surface area contributed by atoms with Gasteiger partial charge in [0, 0.05) is 6.42 Å². The standard InChI is InChI=1S/C29H46O/c1-7-21(19(2)3)9-8-20(4)25-12-13-26-24-11-10-22-18-23(30)14-16-28(22,5)27(24)15-17-29(25,26)6/h8-9,18-21,24-27H,7,10-17H2,1-6H3/b9-8+/t20-,21-,24-,25-,26-,27+,28+,29-/m1/s1. The van der Waals surface area contributed by atoms with Crippen LogP contribution in [0.2, 0.25) is 0 Å². The van der Waals surface area contributed by atoms with E-state index in [0.717, 1.165) is 48.3 Å². The van der Waals surface area contributed by atoms with Crippen molar-refractivity contribution in [2.24, 2.45) is 52.3 Å². The Labute approximate surface area is 186 Å². The molecular formula is C29H46O. The zero-order valence-electron chi connectivity index (χ0n) is 20.5. The summed E-state index contributed by atoms with van der Waals surface area (Å²) in [5.74, 6) is 6.01. The lowest BCUT2D eigenvalue weighted by atomic mass is 9.46. The Morgan fingerprint density at radius 1 is 1.00 bits per heavy atom. The van der Waals surface area contributed by atoms with Crippen molar-refractivity contribution in [1.82, 2.24) is 0 Å². The molecule has 0 aromatic heterocycles. The van der Waals surface area contributed by atoms with Gasteiger partial charge in [0.15, 0.2) is 5.78 Å². The average molecular weight is 411 g/mol. The van der Waals surface area contributed by atoms with Crippen LogP contribution in [-0.4, -0.2) is 5.78 Å². The number of hydrogen-bond donors (Lipinski definition) is 0. The number of allylic oxidation sites excluding steroid dienone is 3. The van der Waals surface area contributed by atoms with E-state index in [1.165, 1.54) is 50.5 Å². The van der Waals surface area contributed by atoms with Crippen LogP contribution in [-0.2, 0) is 4.79 Å². The Balaban J connectivity index is 1.52. The molecule has 0 spiro atoms. The van der Waals surface area contributed by atoms with Gasteiger partial charge in [-0.05, 0) is 110 Å². The van der Waals surface area contributed by atoms with Crippen molar-refractivity contribution in [2.75, 3.05) is 0 Å². The van der Waals surface area contributed by atoms with Gasteiger partial charge >= 0.3 is 0 Å². The van der Waals surface area contributed by atoms with Gasteiger partial charge in [-0.2, -0.15) is 0 Å². The Kier molecular flexibility index (Phi) is 6.15. The number of carbonyl (C=O) groups is 1. The fraction of sp³-hybridized carbons (Fsp3) is 0.828. The third-order valence-electron chi connectivity index (χ3n) is 10.7. The van der Waals surface area contributed by atoms with E-state index in [9.17, 15) is 4.79 Å². The molecule has 3 saturated carbocycles. The smallest absolute Gasteiger partial charge is 0.155 e. The van der Waals surface area contributed by atoms with E-state index in [2.05, 4.69) is 59.8 Å². The summed E-state index contributed by atoms with van der Waals surface area (Å²) in [7, 11) is 0. The summed E-state index contributed by atoms with van der Waals surface area (Å²) >= 11 is 0. The minimum absolute atomic E-state index is 0.313. The highest BCUT2D eigenvalue weighted by Gasteiger charge is 2.59. The molecule has 0 saturated heterocycles. The molecule has 1 nitrogen and oxygen atoms in total. The molecule has 0 amide bonds. The molecule has 4 aliphatic rings. The van der Waals surface area contributed by atoms with E-state index in [4.69, 9.17) is 0 Å². The second-order valence-corrected chi connectivity index (χ2v) is 12.3. The van der Waals surface area contributed by atoms with Gasteiger partial charge in [0.2, 0.25) is 0 Å². The molecule has 0 aliphatic heterocycles. The summed E-state index contributed by atoms with van der Waals surface area (Å²) in [4.78, 5) is 12.1. The number of ketones is 1. The van der Waals surface area contributed by atoms with Crippen molar-refractivity contribution in [2.45, 2.75) is 99.3 Å². The molecule has 4 rings (SSSR count). The highest BCUT2D eigenvalue weighted by Crippen LogP contribution is 2.67. The van der Waals surface area contributed by atoms with Crippen LogP contribution >= 0.6 is 0 Å². The first-order chi connectivity index (χ1) is 14.2. The summed E-state index contributed by atoms with van der Waals surface area (Å²) in [5.41, 5.74) is 2.34. The van der Waals surface area contributed by atoms with Gasteiger partial charge in [0.1, 0.15) is 0 Å². The van der Waals surface area contributed by atoms with Crippen molar-refractivity contribution >= 4 is 5.78 Å². The Morgan fingerprint density at radius 2 is 1.77 bits per heavy atom. The van der Waals surface area contributed by atoms with E-state index in [1.807, 2.05) is 0 Å². The topological polar surface area (TPSA) is 17.1 Å². The minimum Gasteiger partial charge on any atom is -0.295 e. The quantitative estimate of drug-likeness (QED) is 0.419. The zero-order valence-corrected chi connectivity index (χ0v) is 20.5. The number of rotatable bonds is 5. The molecule has 8 atom stereocenters. The van der Waals surface area contributed by atoms with Crippen molar-refractivity contribution < 1.29 is 4.79 Å². The summed E-state index contributed by atoms with van der Waals surface area (Å²) < 4.78 is 0. The van der Waals surface area contributed by atoms with Crippen LogP contribution in [0.15, 0.2) is 23.8 Å². The molecule has 0 N–H and O–H groups in total. The van der Waals surface area contributed by atoms with Crippen LogP contribution < -0.4 is 0 Å². The van der Waals surface area contributed by atoms with Gasteiger partial charge in [-0.3, -0.25) is 4.79 Å². The number of hydrogen-bond acceptors (Lipinski definition) is 1. The first-order valence-electron chi connectivity index (χ1n) is 13.1. The highest BCUT2D eigenvalue weighted by atomic mass is 16.1. The molecule has 30 heavy (non-hydrogen) atoms. The maximum atomic E-state index is 12.1. The van der Waals surface area contributed by atoms with E-state index in [-0.39, 0.29) is 0 Å². The molecule has 0 aromatic carbocycles. The van der Waals surface area contributed by atoms with E-state index in [1.54, 1.807) is 0 Å². The van der Waals surface area contributed by atoms with Crippen LogP contribution in [0.1, 0.15) is 99.3 Å². The average Bonchev–Trinajstić information content (AvgIpc) is 3.06. The Morgan fingerprint density at radius 3 is 2.47 bits per heavy atom. The third-order valence-corrected chi connectivity index (χ3v) is 10.7. The molecule has 0 unspecified atom stereocenters. The van der Waals surface area contributed by atoms with Crippen molar-refractivity contribution in [1.29, 1.82) is 0 Å². The van der Waals surface area contributed by atoms with Gasteiger partial charge in [-0.15, -0.1) is 0 Å². The molecule has 0 heterocycles. The molecule has 1 heteroatoms. The first kappa shape index (κ1) is 22.3. The lowest BCUT2D eigenvalue weighted by Crippen LogP contribution is -2.50. The van der Waals surface area contributed by atoms with Crippen LogP contribution in [0.4, 0.5) is 0 Å². The van der Waals surface area contributed by atoms with Gasteiger partial charge < -0.3 is 0 Å². The summed E-state index contributed by atoms with van der Waals surface area (Å²) in [6.45, 7) is 14.7. The van der Waals surface area contributed by atoms with Crippen LogP contribution in [0, 0.1) is 52.3 Å². The molecule has 0 aromatic rings. The van der Waals surface area contributed by atoms with Crippen LogP contribution in [0.25, 0.3) is 0 Å². The van der Waals surface area contributed by atoms with Gasteiger partial charge in [-0.25, -0.2) is 0 Å². The van der Waals surface area contributed by atoms with Gasteiger partial charge in [0.05, 0.1) is 0 Å². The van der Waals surface area contributed by atoms with Crippen molar-refractivity contribution in [3.8, 4) is 0 Å². The molecule has 0 radical (unpaired) electrons. The van der Waals surface area contributed by atoms with E-state index in [0.29, 0.717) is 22.5 Å². The van der Waals surface area contributed by atoms with Crippen molar-refractivity contribution in [3.05, 3.63) is 23.8 Å². The maximum Gasteiger partial charge on any atom is 0.155 e. The third kappa shape index (κ3) is 3.57. The lowest BCUT2D eigenvalue weighted by Gasteiger charge is -2.58. The Bertz CT molecular complexity index is 714. The first-order valence-corrected chi connectivity index (χ1v) is 13.1. The predicted octanol–water partition coefficient (Wildman–Crippen LogP) is 8.01. The molecule has 168 valence electrons. The zero-order chi connectivity index (χ0) is 21.7. The summed E-state index contributed by atoms with van der Waals surface area (Å²) in [6.07, 6.45) is 18.5. The van der Waals surface area contributed by atoms with Gasteiger partial charge in [-0.1, -0.05) is 59.3 Å². The lowest BCUT2D eigenvalue weighted by molar-refractivity contribution is -0.117. The van der Waals surface area contributed by atoms with Crippen molar-refractivity contribution in [3.63, 3.8) is 0 Å². The molecule has 4 aliphatic carbocycles. The monoisotopic (exact) mass is 410 g/mol. The summed E-state index contributed by atoms with van der Waals surface area (Å²) in [5, 5.41) is 0. The second-order valence-electron chi connectivity index (χ2n) is 12.3. The fourth-order valence-electron chi connectivity index (χ4n) is 8.75. The van der Waals surface area contributed by atoms with Crippen LogP contribution in [0.5, 0.6) is 0 Å². The van der Waals surface area contributed by atoms with Gasteiger partial charge in [0.25, 0.3) is 0 Å². The molecule has 3 fully saturated rings. The second kappa shape index (κ2) is 8.25. The fourth-order valence-corrected chi connectivity index (χ4v) is 8.75.